The highest BCUT2D eigenvalue weighted by atomic mass is 79.9. The van der Waals surface area contributed by atoms with Crippen LogP contribution in [-0.4, -0.2) is 5.78 Å². The fourth-order valence-corrected chi connectivity index (χ4v) is 3.37. The monoisotopic (exact) mass is 376 g/mol. The summed E-state index contributed by atoms with van der Waals surface area (Å²) >= 11 is 4.13. The number of carbonyl (C=O) groups excluding carboxylic acids is 1. The molecule has 112 valence electrons. The highest BCUT2D eigenvalue weighted by Crippen LogP contribution is 2.38. The van der Waals surface area contributed by atoms with Crippen molar-refractivity contribution in [1.29, 1.82) is 0 Å². The smallest absolute Gasteiger partial charge is 0.293 e. The summed E-state index contributed by atoms with van der Waals surface area (Å²) in [6, 6.07) is 7.43. The van der Waals surface area contributed by atoms with Gasteiger partial charge < -0.3 is 0 Å². The molecule has 1 nitrogen and oxygen atoms in total. The van der Waals surface area contributed by atoms with Gasteiger partial charge in [-0.05, 0) is 29.8 Å². The molecule has 0 aliphatic carbocycles. The molecule has 0 saturated heterocycles. The van der Waals surface area contributed by atoms with E-state index in [0.29, 0.717) is 15.3 Å². The molecule has 1 aromatic carbocycles. The van der Waals surface area contributed by atoms with Crippen molar-refractivity contribution in [1.82, 2.24) is 0 Å². The maximum absolute atomic E-state index is 12.9. The van der Waals surface area contributed by atoms with E-state index < -0.39 is 11.7 Å². The molecule has 1 aromatic heterocycles. The SMILES string of the molecule is CC(C)C(=O)c1ccc(-c2ccc(Br)c(C(F)(F)F)c2)s1. The van der Waals surface area contributed by atoms with E-state index in [1.807, 2.05) is 0 Å². The molecule has 0 atom stereocenters. The number of ketones is 1. The number of Topliss-reactive ketones (excluding diaryl/α,β-unsaturated/α-hetero) is 1. The molecule has 0 fully saturated rings. The second-order valence-corrected chi connectivity index (χ2v) is 6.81. The number of thiophene rings is 1. The Bertz CT molecular complexity index is 674. The van der Waals surface area contributed by atoms with Crippen molar-refractivity contribution in [2.24, 2.45) is 5.92 Å². The van der Waals surface area contributed by atoms with Crippen LogP contribution >= 0.6 is 27.3 Å². The molecule has 21 heavy (non-hydrogen) atoms. The van der Waals surface area contributed by atoms with Crippen LogP contribution in [0.5, 0.6) is 0 Å². The first-order valence-electron chi connectivity index (χ1n) is 6.21. The third kappa shape index (κ3) is 3.55. The summed E-state index contributed by atoms with van der Waals surface area (Å²) < 4.78 is 38.7. The predicted octanol–water partition coefficient (Wildman–Crippen LogP) is 6.04. The first-order chi connectivity index (χ1) is 9.70. The summed E-state index contributed by atoms with van der Waals surface area (Å²) in [5.74, 6) is -0.133. The molecule has 2 aromatic rings. The average Bonchev–Trinajstić information content (AvgIpc) is 2.86. The zero-order valence-corrected chi connectivity index (χ0v) is 13.7. The molecule has 0 aliphatic heterocycles. The summed E-state index contributed by atoms with van der Waals surface area (Å²) in [5, 5.41) is 0. The Morgan fingerprint density at radius 2 is 1.86 bits per heavy atom. The zero-order chi connectivity index (χ0) is 15.8. The van der Waals surface area contributed by atoms with Gasteiger partial charge in [0.25, 0.3) is 0 Å². The van der Waals surface area contributed by atoms with Crippen LogP contribution < -0.4 is 0 Å². The maximum atomic E-state index is 12.9. The Kier molecular flexibility index (Phi) is 4.58. The van der Waals surface area contributed by atoms with Gasteiger partial charge in [-0.1, -0.05) is 35.8 Å². The molecule has 0 spiro atoms. The van der Waals surface area contributed by atoms with Gasteiger partial charge in [-0.3, -0.25) is 4.79 Å². The van der Waals surface area contributed by atoms with Gasteiger partial charge in [0.2, 0.25) is 0 Å². The Labute approximate surface area is 132 Å². The van der Waals surface area contributed by atoms with Crippen LogP contribution in [0.25, 0.3) is 10.4 Å². The lowest BCUT2D eigenvalue weighted by Gasteiger charge is -2.10. The molecule has 6 heteroatoms. The Morgan fingerprint density at radius 1 is 1.19 bits per heavy atom. The zero-order valence-electron chi connectivity index (χ0n) is 11.3. The number of benzene rings is 1. The summed E-state index contributed by atoms with van der Waals surface area (Å²) in [5.41, 5.74) is -0.261. The highest BCUT2D eigenvalue weighted by Gasteiger charge is 2.33. The quantitative estimate of drug-likeness (QED) is 0.597. The number of hydrogen-bond donors (Lipinski definition) is 0. The third-order valence-electron chi connectivity index (χ3n) is 2.93. The van der Waals surface area contributed by atoms with Gasteiger partial charge in [0, 0.05) is 15.3 Å². The lowest BCUT2D eigenvalue weighted by Crippen LogP contribution is -2.06. The van der Waals surface area contributed by atoms with E-state index in [2.05, 4.69) is 15.9 Å². The van der Waals surface area contributed by atoms with E-state index in [0.717, 1.165) is 6.07 Å². The number of halogens is 4. The van der Waals surface area contributed by atoms with Gasteiger partial charge in [0.1, 0.15) is 0 Å². The van der Waals surface area contributed by atoms with E-state index in [9.17, 15) is 18.0 Å². The van der Waals surface area contributed by atoms with Crippen molar-refractivity contribution in [3.8, 4) is 10.4 Å². The first-order valence-corrected chi connectivity index (χ1v) is 7.82. The lowest BCUT2D eigenvalue weighted by molar-refractivity contribution is -0.138. The van der Waals surface area contributed by atoms with Crippen LogP contribution in [0, 0.1) is 5.92 Å². The number of rotatable bonds is 3. The van der Waals surface area contributed by atoms with E-state index in [-0.39, 0.29) is 16.2 Å². The van der Waals surface area contributed by atoms with Crippen molar-refractivity contribution in [3.63, 3.8) is 0 Å². The van der Waals surface area contributed by atoms with E-state index in [1.54, 1.807) is 32.0 Å². The Hall–Kier alpha value is -1.14. The average molecular weight is 377 g/mol. The van der Waals surface area contributed by atoms with Gasteiger partial charge in [-0.15, -0.1) is 11.3 Å². The molecule has 0 radical (unpaired) electrons. The van der Waals surface area contributed by atoms with Crippen molar-refractivity contribution < 1.29 is 18.0 Å². The summed E-state index contributed by atoms with van der Waals surface area (Å²) in [6.45, 7) is 3.59. The van der Waals surface area contributed by atoms with E-state index in [4.69, 9.17) is 0 Å². The van der Waals surface area contributed by atoms with Gasteiger partial charge in [-0.25, -0.2) is 0 Å². The first kappa shape index (κ1) is 16.2. The maximum Gasteiger partial charge on any atom is 0.417 e. The summed E-state index contributed by atoms with van der Waals surface area (Å²) in [6.07, 6.45) is -4.41. The van der Waals surface area contributed by atoms with Crippen molar-refractivity contribution in [3.05, 3.63) is 45.2 Å². The molecule has 0 saturated carbocycles. The second-order valence-electron chi connectivity index (χ2n) is 4.88. The minimum Gasteiger partial charge on any atom is -0.293 e. The molecule has 0 bridgehead atoms. The molecule has 0 aliphatic rings. The topological polar surface area (TPSA) is 17.1 Å². The van der Waals surface area contributed by atoms with Crippen LogP contribution in [-0.2, 0) is 6.18 Å². The molecular formula is C15H12BrF3OS. The lowest BCUT2D eigenvalue weighted by atomic mass is 10.1. The van der Waals surface area contributed by atoms with E-state index >= 15 is 0 Å². The molecule has 0 N–H and O–H groups in total. The Morgan fingerprint density at radius 3 is 2.43 bits per heavy atom. The fraction of sp³-hybridized carbons (Fsp3) is 0.267. The van der Waals surface area contributed by atoms with Crippen LogP contribution in [0.1, 0.15) is 29.1 Å². The normalized spacial score (nSPS) is 12.0. The fourth-order valence-electron chi connectivity index (χ4n) is 1.81. The van der Waals surface area contributed by atoms with Gasteiger partial charge in [0.15, 0.2) is 5.78 Å². The summed E-state index contributed by atoms with van der Waals surface area (Å²) in [7, 11) is 0. The largest absolute Gasteiger partial charge is 0.417 e. The van der Waals surface area contributed by atoms with Crippen molar-refractivity contribution in [2.75, 3.05) is 0 Å². The van der Waals surface area contributed by atoms with Gasteiger partial charge >= 0.3 is 6.18 Å². The van der Waals surface area contributed by atoms with Crippen LogP contribution in [0.2, 0.25) is 0 Å². The number of alkyl halides is 3. The molecule has 2 rings (SSSR count). The number of hydrogen-bond acceptors (Lipinski definition) is 2. The van der Waals surface area contributed by atoms with Crippen molar-refractivity contribution >= 4 is 33.0 Å². The molecule has 1 heterocycles. The van der Waals surface area contributed by atoms with Crippen molar-refractivity contribution in [2.45, 2.75) is 20.0 Å². The van der Waals surface area contributed by atoms with E-state index in [1.165, 1.54) is 17.4 Å². The third-order valence-corrected chi connectivity index (χ3v) is 4.77. The number of carbonyl (C=O) groups is 1. The predicted molar refractivity (Wildman–Crippen MR) is 81.6 cm³/mol. The highest BCUT2D eigenvalue weighted by molar-refractivity contribution is 9.10. The molecule has 0 unspecified atom stereocenters. The van der Waals surface area contributed by atoms with Gasteiger partial charge in [0.05, 0.1) is 10.4 Å². The Balaban J connectivity index is 2.42. The summed E-state index contributed by atoms with van der Waals surface area (Å²) in [4.78, 5) is 13.1. The second kappa shape index (κ2) is 5.93. The molecule has 0 amide bonds. The van der Waals surface area contributed by atoms with Crippen LogP contribution in [0.4, 0.5) is 13.2 Å². The minimum absolute atomic E-state index is 0.000550. The van der Waals surface area contributed by atoms with Gasteiger partial charge in [-0.2, -0.15) is 13.2 Å². The minimum atomic E-state index is -4.41. The standard InChI is InChI=1S/C15H12BrF3OS/c1-8(2)14(20)13-6-5-12(21-13)9-3-4-11(16)10(7-9)15(17,18)19/h3-8H,1-2H3. The molecular weight excluding hydrogens is 365 g/mol. The van der Waals surface area contributed by atoms with Crippen LogP contribution in [0.15, 0.2) is 34.8 Å². The van der Waals surface area contributed by atoms with Crippen LogP contribution in [0.3, 0.4) is 0 Å².